The highest BCUT2D eigenvalue weighted by molar-refractivity contribution is 7.98. The average molecular weight is 418 g/mol. The van der Waals surface area contributed by atoms with E-state index in [9.17, 15) is 9.90 Å². The van der Waals surface area contributed by atoms with E-state index in [4.69, 9.17) is 4.74 Å². The van der Waals surface area contributed by atoms with Crippen LogP contribution in [0.25, 0.3) is 16.6 Å². The first kappa shape index (κ1) is 20.1. The van der Waals surface area contributed by atoms with Crippen molar-refractivity contribution < 1.29 is 14.6 Å². The van der Waals surface area contributed by atoms with Crippen molar-refractivity contribution in [2.45, 2.75) is 24.5 Å². The number of aromatic hydroxyl groups is 1. The molecule has 4 aromatic rings. The molecule has 0 amide bonds. The molecule has 1 N–H and O–H groups in total. The zero-order valence-corrected chi connectivity index (χ0v) is 17.8. The van der Waals surface area contributed by atoms with Gasteiger partial charge in [-0.1, -0.05) is 36.4 Å². The fourth-order valence-electron chi connectivity index (χ4n) is 3.74. The summed E-state index contributed by atoms with van der Waals surface area (Å²) in [5.74, 6) is 0.352. The SMILES string of the molecule is CCOC(=O)c1c(C)n(-c2ccccc2)c2ccc(O)c(CSc3ccccc3)c12. The predicted octanol–water partition coefficient (Wildman–Crippen LogP) is 6.11. The van der Waals surface area contributed by atoms with Gasteiger partial charge >= 0.3 is 5.97 Å². The Labute approximate surface area is 180 Å². The minimum absolute atomic E-state index is 0.182. The second-order valence-electron chi connectivity index (χ2n) is 6.91. The Morgan fingerprint density at radius 2 is 1.67 bits per heavy atom. The van der Waals surface area contributed by atoms with E-state index in [1.54, 1.807) is 24.8 Å². The first-order valence-electron chi connectivity index (χ1n) is 9.88. The van der Waals surface area contributed by atoms with Crippen molar-refractivity contribution >= 4 is 28.6 Å². The quantitative estimate of drug-likeness (QED) is 0.304. The van der Waals surface area contributed by atoms with Crippen molar-refractivity contribution in [3.8, 4) is 11.4 Å². The van der Waals surface area contributed by atoms with Crippen LogP contribution in [0.3, 0.4) is 0 Å². The molecule has 0 unspecified atom stereocenters. The van der Waals surface area contributed by atoms with Gasteiger partial charge in [0.15, 0.2) is 0 Å². The Morgan fingerprint density at radius 1 is 1.00 bits per heavy atom. The predicted molar refractivity (Wildman–Crippen MR) is 122 cm³/mol. The van der Waals surface area contributed by atoms with Crippen molar-refractivity contribution in [3.05, 3.63) is 89.6 Å². The lowest BCUT2D eigenvalue weighted by Crippen LogP contribution is -2.07. The van der Waals surface area contributed by atoms with E-state index < -0.39 is 0 Å². The van der Waals surface area contributed by atoms with E-state index >= 15 is 0 Å². The number of para-hydroxylation sites is 1. The number of thioether (sulfide) groups is 1. The van der Waals surface area contributed by atoms with Gasteiger partial charge in [-0.2, -0.15) is 0 Å². The van der Waals surface area contributed by atoms with E-state index in [-0.39, 0.29) is 11.7 Å². The zero-order valence-electron chi connectivity index (χ0n) is 17.0. The van der Waals surface area contributed by atoms with Crippen molar-refractivity contribution in [3.63, 3.8) is 0 Å². The smallest absolute Gasteiger partial charge is 0.340 e. The molecule has 0 fully saturated rings. The monoisotopic (exact) mass is 417 g/mol. The number of fused-ring (bicyclic) bond motifs is 1. The summed E-state index contributed by atoms with van der Waals surface area (Å²) in [6.07, 6.45) is 0. The third kappa shape index (κ3) is 3.68. The van der Waals surface area contributed by atoms with Gasteiger partial charge in [0.1, 0.15) is 5.75 Å². The number of benzene rings is 3. The largest absolute Gasteiger partial charge is 0.508 e. The van der Waals surface area contributed by atoms with Crippen molar-refractivity contribution in [1.29, 1.82) is 0 Å². The molecule has 0 atom stereocenters. The van der Waals surface area contributed by atoms with Crippen LogP contribution in [0.1, 0.15) is 28.5 Å². The summed E-state index contributed by atoms with van der Waals surface area (Å²) < 4.78 is 7.44. The number of phenolic OH excluding ortho intramolecular Hbond substituents is 1. The standard InChI is InChI=1S/C25H23NO3S/c1-3-29-25(28)23-17(2)26(18-10-6-4-7-11-18)21-14-15-22(27)20(24(21)23)16-30-19-12-8-5-9-13-19/h4-15,27H,3,16H2,1-2H3. The number of ether oxygens (including phenoxy) is 1. The lowest BCUT2D eigenvalue weighted by Gasteiger charge is -2.10. The van der Waals surface area contributed by atoms with Crippen LogP contribution in [-0.4, -0.2) is 22.2 Å². The summed E-state index contributed by atoms with van der Waals surface area (Å²) in [5, 5.41) is 11.5. The maximum atomic E-state index is 12.9. The zero-order chi connectivity index (χ0) is 21.1. The third-order valence-electron chi connectivity index (χ3n) is 5.07. The minimum Gasteiger partial charge on any atom is -0.508 e. The molecule has 0 aliphatic heterocycles. The molecule has 4 rings (SSSR count). The van der Waals surface area contributed by atoms with Crippen LogP contribution in [0.15, 0.2) is 77.7 Å². The van der Waals surface area contributed by atoms with Gasteiger partial charge in [0.05, 0.1) is 17.7 Å². The molecule has 5 heteroatoms. The molecule has 3 aromatic carbocycles. The molecule has 152 valence electrons. The van der Waals surface area contributed by atoms with Gasteiger partial charge in [-0.3, -0.25) is 0 Å². The maximum Gasteiger partial charge on any atom is 0.340 e. The Balaban J connectivity index is 1.93. The van der Waals surface area contributed by atoms with Gasteiger partial charge in [0.2, 0.25) is 0 Å². The molecular weight excluding hydrogens is 394 g/mol. The van der Waals surface area contributed by atoms with Crippen molar-refractivity contribution in [2.24, 2.45) is 0 Å². The molecule has 0 spiro atoms. The first-order chi connectivity index (χ1) is 14.6. The topological polar surface area (TPSA) is 51.5 Å². The molecule has 4 nitrogen and oxygen atoms in total. The molecule has 1 heterocycles. The highest BCUT2D eigenvalue weighted by Crippen LogP contribution is 2.39. The van der Waals surface area contributed by atoms with E-state index in [1.807, 2.05) is 73.7 Å². The van der Waals surface area contributed by atoms with E-state index in [2.05, 4.69) is 4.57 Å². The second-order valence-corrected chi connectivity index (χ2v) is 7.96. The van der Waals surface area contributed by atoms with Gasteiger partial charge in [0, 0.05) is 33.0 Å². The summed E-state index contributed by atoms with van der Waals surface area (Å²) in [6.45, 7) is 4.01. The highest BCUT2D eigenvalue weighted by atomic mass is 32.2. The van der Waals surface area contributed by atoms with Crippen LogP contribution in [0, 0.1) is 6.92 Å². The van der Waals surface area contributed by atoms with Crippen LogP contribution in [0.5, 0.6) is 5.75 Å². The normalized spacial score (nSPS) is 11.0. The fraction of sp³-hybridized carbons (Fsp3) is 0.160. The molecule has 0 radical (unpaired) electrons. The Kier molecular flexibility index (Phi) is 5.81. The number of hydrogen-bond donors (Lipinski definition) is 1. The van der Waals surface area contributed by atoms with Crippen LogP contribution in [-0.2, 0) is 10.5 Å². The van der Waals surface area contributed by atoms with Crippen molar-refractivity contribution in [2.75, 3.05) is 6.61 Å². The highest BCUT2D eigenvalue weighted by Gasteiger charge is 2.25. The fourth-order valence-corrected chi connectivity index (χ4v) is 4.70. The molecule has 0 saturated heterocycles. The number of carbonyl (C=O) groups excluding carboxylic acids is 1. The summed E-state index contributed by atoms with van der Waals surface area (Å²) in [7, 11) is 0. The van der Waals surface area contributed by atoms with E-state index in [1.165, 1.54) is 0 Å². The summed E-state index contributed by atoms with van der Waals surface area (Å²) in [4.78, 5) is 14.0. The Morgan fingerprint density at radius 3 is 2.33 bits per heavy atom. The van der Waals surface area contributed by atoms with Crippen LogP contribution in [0.2, 0.25) is 0 Å². The van der Waals surface area contributed by atoms with Gasteiger partial charge in [0.25, 0.3) is 0 Å². The molecule has 0 aliphatic carbocycles. The van der Waals surface area contributed by atoms with Crippen LogP contribution >= 0.6 is 11.8 Å². The summed E-state index contributed by atoms with van der Waals surface area (Å²) >= 11 is 1.63. The minimum atomic E-state index is -0.369. The number of aromatic nitrogens is 1. The Hall–Kier alpha value is -3.18. The number of rotatable bonds is 6. The number of phenols is 1. The average Bonchev–Trinajstić information content (AvgIpc) is 3.06. The number of carbonyl (C=O) groups is 1. The first-order valence-corrected chi connectivity index (χ1v) is 10.9. The molecule has 30 heavy (non-hydrogen) atoms. The molecule has 0 aliphatic rings. The maximum absolute atomic E-state index is 12.9. The van der Waals surface area contributed by atoms with Gasteiger partial charge in [-0.05, 0) is 50.2 Å². The van der Waals surface area contributed by atoms with Crippen molar-refractivity contribution in [1.82, 2.24) is 4.57 Å². The number of nitrogens with zero attached hydrogens (tertiary/aromatic N) is 1. The number of esters is 1. The Bertz CT molecular complexity index is 1180. The lowest BCUT2D eigenvalue weighted by molar-refractivity contribution is 0.0527. The third-order valence-corrected chi connectivity index (χ3v) is 6.11. The van der Waals surface area contributed by atoms with Gasteiger partial charge in [-0.15, -0.1) is 11.8 Å². The molecule has 0 saturated carbocycles. The summed E-state index contributed by atoms with van der Waals surface area (Å²) in [5.41, 5.74) is 3.88. The van der Waals surface area contributed by atoms with E-state index in [0.29, 0.717) is 17.9 Å². The molecule has 1 aromatic heterocycles. The van der Waals surface area contributed by atoms with Crippen LogP contribution in [0.4, 0.5) is 0 Å². The van der Waals surface area contributed by atoms with Gasteiger partial charge in [-0.25, -0.2) is 4.79 Å². The van der Waals surface area contributed by atoms with Crippen LogP contribution < -0.4 is 0 Å². The second kappa shape index (κ2) is 8.67. The summed E-state index contributed by atoms with van der Waals surface area (Å²) in [6, 6.07) is 23.5. The number of hydrogen-bond acceptors (Lipinski definition) is 4. The molecular formula is C25H23NO3S. The molecule has 0 bridgehead atoms. The van der Waals surface area contributed by atoms with Gasteiger partial charge < -0.3 is 14.4 Å². The van der Waals surface area contributed by atoms with E-state index in [0.717, 1.165) is 32.7 Å². The lowest BCUT2D eigenvalue weighted by atomic mass is 10.0.